The summed E-state index contributed by atoms with van der Waals surface area (Å²) in [7, 11) is 1.65. The fourth-order valence-corrected chi connectivity index (χ4v) is 4.86. The number of piperazine rings is 1. The molecule has 1 fully saturated rings. The van der Waals surface area contributed by atoms with E-state index in [0.717, 1.165) is 29.5 Å². The SMILES string of the molecule is COc1ccc(N2CCN(C(=O)c3csc(CN(C(=O)Nc4ccc(Cl)cc4)C(C)C)n3)CC2)cc1. The number of rotatable bonds is 7. The topological polar surface area (TPSA) is 78.0 Å². The molecule has 0 atom stereocenters. The maximum atomic E-state index is 13.1. The highest BCUT2D eigenvalue weighted by Crippen LogP contribution is 2.22. The second-order valence-corrected chi connectivity index (χ2v) is 10.1. The smallest absolute Gasteiger partial charge is 0.322 e. The van der Waals surface area contributed by atoms with Crippen LogP contribution in [0.3, 0.4) is 0 Å². The minimum atomic E-state index is -0.231. The third kappa shape index (κ3) is 6.27. The lowest BCUT2D eigenvalue weighted by atomic mass is 10.2. The van der Waals surface area contributed by atoms with Gasteiger partial charge in [0.2, 0.25) is 0 Å². The van der Waals surface area contributed by atoms with E-state index in [9.17, 15) is 9.59 Å². The van der Waals surface area contributed by atoms with Gasteiger partial charge >= 0.3 is 6.03 Å². The number of nitrogens with zero attached hydrogens (tertiary/aromatic N) is 4. The average molecular weight is 528 g/mol. The zero-order valence-corrected chi connectivity index (χ0v) is 22.2. The van der Waals surface area contributed by atoms with Crippen molar-refractivity contribution in [2.45, 2.75) is 26.4 Å². The molecule has 36 heavy (non-hydrogen) atoms. The fraction of sp³-hybridized carbons (Fsp3) is 0.346. The van der Waals surface area contributed by atoms with E-state index in [1.54, 1.807) is 41.7 Å². The number of hydrogen-bond acceptors (Lipinski definition) is 6. The molecule has 10 heteroatoms. The number of carbonyl (C=O) groups excluding carboxylic acids is 2. The van der Waals surface area contributed by atoms with Crippen LogP contribution in [0, 0.1) is 0 Å². The first-order valence-corrected chi connectivity index (χ1v) is 13.1. The van der Waals surface area contributed by atoms with Crippen molar-refractivity contribution < 1.29 is 14.3 Å². The van der Waals surface area contributed by atoms with Crippen molar-refractivity contribution in [3.05, 3.63) is 69.6 Å². The highest BCUT2D eigenvalue weighted by Gasteiger charge is 2.25. The van der Waals surface area contributed by atoms with Crippen LogP contribution in [0.15, 0.2) is 53.9 Å². The lowest BCUT2D eigenvalue weighted by molar-refractivity contribution is 0.0741. The summed E-state index contributed by atoms with van der Waals surface area (Å²) in [5.74, 6) is 0.749. The quantitative estimate of drug-likeness (QED) is 0.456. The summed E-state index contributed by atoms with van der Waals surface area (Å²) in [5, 5.41) is 6.00. The summed E-state index contributed by atoms with van der Waals surface area (Å²) in [4.78, 5) is 36.3. The Hall–Kier alpha value is -3.30. The standard InChI is InChI=1S/C26H30ClN5O3S/c1-18(2)32(26(34)28-20-6-4-19(27)5-7-20)16-24-29-23(17-36-24)25(33)31-14-12-30(13-15-31)21-8-10-22(35-3)11-9-21/h4-11,17-18H,12-16H2,1-3H3,(H,28,34). The molecule has 8 nitrogen and oxygen atoms in total. The molecule has 0 spiro atoms. The Labute approximate surface area is 220 Å². The van der Waals surface area contributed by atoms with Crippen LogP contribution in [-0.4, -0.2) is 66.1 Å². The molecule has 2 heterocycles. The number of ether oxygens (including phenoxy) is 1. The molecule has 1 saturated heterocycles. The van der Waals surface area contributed by atoms with Crippen LogP contribution in [-0.2, 0) is 6.54 Å². The third-order valence-electron chi connectivity index (χ3n) is 6.06. The van der Waals surface area contributed by atoms with Crippen LogP contribution in [0.5, 0.6) is 5.75 Å². The summed E-state index contributed by atoms with van der Waals surface area (Å²) in [5.41, 5.74) is 2.21. The minimum Gasteiger partial charge on any atom is -0.497 e. The zero-order chi connectivity index (χ0) is 25.7. The summed E-state index contributed by atoms with van der Waals surface area (Å²) in [6, 6.07) is 14.6. The molecule has 1 aliphatic rings. The Balaban J connectivity index is 1.34. The maximum Gasteiger partial charge on any atom is 0.322 e. The highest BCUT2D eigenvalue weighted by molar-refractivity contribution is 7.09. The van der Waals surface area contributed by atoms with Crippen LogP contribution in [0.2, 0.25) is 5.02 Å². The molecule has 2 aromatic carbocycles. The van der Waals surface area contributed by atoms with Crippen molar-refractivity contribution in [2.24, 2.45) is 0 Å². The number of hydrogen-bond donors (Lipinski definition) is 1. The number of methoxy groups -OCH3 is 1. The minimum absolute atomic E-state index is 0.0496. The van der Waals surface area contributed by atoms with Gasteiger partial charge < -0.3 is 24.8 Å². The van der Waals surface area contributed by atoms with Crippen LogP contribution in [0.1, 0.15) is 29.3 Å². The number of benzene rings is 2. The van der Waals surface area contributed by atoms with Crippen molar-refractivity contribution >= 4 is 46.3 Å². The number of urea groups is 1. The van der Waals surface area contributed by atoms with Gasteiger partial charge in [0, 0.05) is 54.0 Å². The van der Waals surface area contributed by atoms with E-state index >= 15 is 0 Å². The Morgan fingerprint density at radius 1 is 1.08 bits per heavy atom. The first-order chi connectivity index (χ1) is 17.3. The third-order valence-corrected chi connectivity index (χ3v) is 7.15. The van der Waals surface area contributed by atoms with E-state index < -0.39 is 0 Å². The first-order valence-electron chi connectivity index (χ1n) is 11.8. The molecular weight excluding hydrogens is 498 g/mol. The molecule has 0 radical (unpaired) electrons. The van der Waals surface area contributed by atoms with E-state index in [4.69, 9.17) is 16.3 Å². The monoisotopic (exact) mass is 527 g/mol. The van der Waals surface area contributed by atoms with Crippen molar-refractivity contribution in [1.29, 1.82) is 0 Å². The highest BCUT2D eigenvalue weighted by atomic mass is 35.5. The Kier molecular flexibility index (Phi) is 8.32. The zero-order valence-electron chi connectivity index (χ0n) is 20.6. The Morgan fingerprint density at radius 3 is 2.36 bits per heavy atom. The van der Waals surface area contributed by atoms with Gasteiger partial charge in [0.1, 0.15) is 16.5 Å². The molecule has 3 aromatic rings. The van der Waals surface area contributed by atoms with Gasteiger partial charge in [-0.2, -0.15) is 0 Å². The molecule has 0 saturated carbocycles. The van der Waals surface area contributed by atoms with Gasteiger partial charge in [-0.25, -0.2) is 9.78 Å². The second-order valence-electron chi connectivity index (χ2n) is 8.76. The van der Waals surface area contributed by atoms with E-state index in [-0.39, 0.29) is 18.0 Å². The van der Waals surface area contributed by atoms with Crippen LogP contribution >= 0.6 is 22.9 Å². The number of amides is 3. The summed E-state index contributed by atoms with van der Waals surface area (Å²) >= 11 is 7.32. The number of halogens is 1. The summed E-state index contributed by atoms with van der Waals surface area (Å²) in [6.07, 6.45) is 0. The first kappa shape index (κ1) is 25.8. The van der Waals surface area contributed by atoms with E-state index in [0.29, 0.717) is 36.0 Å². The second kappa shape index (κ2) is 11.6. The van der Waals surface area contributed by atoms with Crippen LogP contribution in [0.4, 0.5) is 16.2 Å². The van der Waals surface area contributed by atoms with Crippen molar-refractivity contribution in [3.63, 3.8) is 0 Å². The fourth-order valence-electron chi connectivity index (χ4n) is 3.97. The van der Waals surface area contributed by atoms with Crippen molar-refractivity contribution in [3.8, 4) is 5.75 Å². The van der Waals surface area contributed by atoms with Gasteiger partial charge in [-0.15, -0.1) is 11.3 Å². The van der Waals surface area contributed by atoms with Crippen LogP contribution in [0.25, 0.3) is 0 Å². The van der Waals surface area contributed by atoms with Crippen molar-refractivity contribution in [2.75, 3.05) is 43.5 Å². The number of thiazole rings is 1. The molecule has 190 valence electrons. The maximum absolute atomic E-state index is 13.1. The van der Waals surface area contributed by atoms with E-state index in [1.165, 1.54) is 11.3 Å². The average Bonchev–Trinajstić information content (AvgIpc) is 3.37. The Bertz CT molecular complexity index is 1180. The molecule has 1 aliphatic heterocycles. The Morgan fingerprint density at radius 2 is 1.75 bits per heavy atom. The number of aromatic nitrogens is 1. The van der Waals surface area contributed by atoms with Gasteiger partial charge in [0.25, 0.3) is 5.91 Å². The predicted molar refractivity (Wildman–Crippen MR) is 144 cm³/mol. The van der Waals surface area contributed by atoms with Crippen molar-refractivity contribution in [1.82, 2.24) is 14.8 Å². The normalized spacial score (nSPS) is 13.6. The molecule has 0 unspecified atom stereocenters. The summed E-state index contributed by atoms with van der Waals surface area (Å²) < 4.78 is 5.23. The van der Waals surface area contributed by atoms with Gasteiger partial charge in [-0.3, -0.25) is 4.79 Å². The van der Waals surface area contributed by atoms with Crippen LogP contribution < -0.4 is 15.0 Å². The largest absolute Gasteiger partial charge is 0.497 e. The van der Waals surface area contributed by atoms with E-state index in [1.807, 2.05) is 43.0 Å². The lowest BCUT2D eigenvalue weighted by Gasteiger charge is -2.35. The van der Waals surface area contributed by atoms with Gasteiger partial charge in [-0.1, -0.05) is 11.6 Å². The van der Waals surface area contributed by atoms with E-state index in [2.05, 4.69) is 15.2 Å². The predicted octanol–water partition coefficient (Wildman–Crippen LogP) is 5.21. The molecule has 3 amide bonds. The molecular formula is C26H30ClN5O3S. The number of nitrogens with one attached hydrogen (secondary N) is 1. The number of anilines is 2. The molecule has 4 rings (SSSR count). The molecule has 0 bridgehead atoms. The number of carbonyl (C=O) groups is 2. The summed E-state index contributed by atoms with van der Waals surface area (Å²) in [6.45, 7) is 6.97. The van der Waals surface area contributed by atoms with Gasteiger partial charge in [0.15, 0.2) is 0 Å². The van der Waals surface area contributed by atoms with Gasteiger partial charge in [-0.05, 0) is 62.4 Å². The van der Waals surface area contributed by atoms with Gasteiger partial charge in [0.05, 0.1) is 13.7 Å². The molecule has 0 aliphatic carbocycles. The molecule has 1 N–H and O–H groups in total. The lowest BCUT2D eigenvalue weighted by Crippen LogP contribution is -2.48. The molecule has 1 aromatic heterocycles.